The Morgan fingerprint density at radius 1 is 1.12 bits per heavy atom. The zero-order chi connectivity index (χ0) is 12.3. The molecule has 0 radical (unpaired) electrons. The molecule has 1 heteroatoms. The Balaban J connectivity index is 2.95. The lowest BCUT2D eigenvalue weighted by Gasteiger charge is -2.30. The van der Waals surface area contributed by atoms with Crippen molar-refractivity contribution >= 4 is 0 Å². The number of hydrogen-bond acceptors (Lipinski definition) is 1. The van der Waals surface area contributed by atoms with Crippen molar-refractivity contribution in [3.8, 4) is 0 Å². The van der Waals surface area contributed by atoms with E-state index >= 15 is 0 Å². The van der Waals surface area contributed by atoms with Gasteiger partial charge in [0.1, 0.15) is 0 Å². The zero-order valence-corrected chi connectivity index (χ0v) is 11.2. The number of nitrogens with two attached hydrogens (primary N) is 1. The maximum Gasteiger partial charge on any atom is 0.0404 e. The van der Waals surface area contributed by atoms with Crippen LogP contribution in [0.3, 0.4) is 0 Å². The molecule has 0 fully saturated rings. The summed E-state index contributed by atoms with van der Waals surface area (Å²) in [6.45, 7) is 10.9. The van der Waals surface area contributed by atoms with Crippen LogP contribution < -0.4 is 5.73 Å². The van der Waals surface area contributed by atoms with Crippen molar-refractivity contribution in [1.29, 1.82) is 0 Å². The second-order valence-corrected chi connectivity index (χ2v) is 5.37. The van der Waals surface area contributed by atoms with Crippen LogP contribution in [0.25, 0.3) is 0 Å². The maximum atomic E-state index is 6.34. The summed E-state index contributed by atoms with van der Waals surface area (Å²) in [5, 5.41) is 0. The molecule has 0 aromatic heterocycles. The average Bonchev–Trinajstić information content (AvgIpc) is 2.28. The summed E-state index contributed by atoms with van der Waals surface area (Å²) < 4.78 is 0. The van der Waals surface area contributed by atoms with Gasteiger partial charge in [-0.05, 0) is 36.3 Å². The minimum atomic E-state index is -0.228. The van der Waals surface area contributed by atoms with E-state index in [9.17, 15) is 0 Å². The third-order valence-corrected chi connectivity index (χ3v) is 3.91. The molecule has 0 bridgehead atoms. The summed E-state index contributed by atoms with van der Waals surface area (Å²) in [5.41, 5.74) is 8.75. The van der Waals surface area contributed by atoms with Gasteiger partial charge in [0, 0.05) is 5.54 Å². The summed E-state index contributed by atoms with van der Waals surface area (Å²) in [6.07, 6.45) is 1.18. The second kappa shape index (κ2) is 5.01. The first-order valence-corrected chi connectivity index (χ1v) is 6.28. The van der Waals surface area contributed by atoms with Gasteiger partial charge >= 0.3 is 0 Å². The Labute approximate surface area is 100 Å². The van der Waals surface area contributed by atoms with Gasteiger partial charge in [0.25, 0.3) is 0 Å². The van der Waals surface area contributed by atoms with Crippen molar-refractivity contribution < 1.29 is 0 Å². The van der Waals surface area contributed by atoms with Crippen molar-refractivity contribution in [2.45, 2.75) is 52.5 Å². The Bertz CT molecular complexity index is 322. The summed E-state index contributed by atoms with van der Waals surface area (Å²) in [6, 6.07) is 8.80. The summed E-state index contributed by atoms with van der Waals surface area (Å²) >= 11 is 0. The van der Waals surface area contributed by atoms with Crippen molar-refractivity contribution in [3.63, 3.8) is 0 Å². The van der Waals surface area contributed by atoms with E-state index in [4.69, 9.17) is 5.73 Å². The molecule has 0 amide bonds. The Morgan fingerprint density at radius 2 is 1.62 bits per heavy atom. The molecule has 2 unspecified atom stereocenters. The Kier molecular flexibility index (Phi) is 4.15. The highest BCUT2D eigenvalue weighted by Crippen LogP contribution is 2.28. The predicted octanol–water partition coefficient (Wildman–Crippen LogP) is 4.03. The molecule has 1 nitrogen and oxygen atoms in total. The van der Waals surface area contributed by atoms with E-state index in [0.717, 1.165) is 0 Å². The fraction of sp³-hybridized carbons (Fsp3) is 0.600. The predicted molar refractivity (Wildman–Crippen MR) is 71.5 cm³/mol. The van der Waals surface area contributed by atoms with Gasteiger partial charge in [-0.15, -0.1) is 0 Å². The van der Waals surface area contributed by atoms with Crippen molar-refractivity contribution in [3.05, 3.63) is 35.4 Å². The summed E-state index contributed by atoms with van der Waals surface area (Å²) in [5.74, 6) is 1.08. The molecular weight excluding hydrogens is 194 g/mol. The van der Waals surface area contributed by atoms with E-state index in [1.807, 2.05) is 0 Å². The number of benzene rings is 1. The highest BCUT2D eigenvalue weighted by atomic mass is 14.7. The fourth-order valence-corrected chi connectivity index (χ4v) is 1.74. The minimum Gasteiger partial charge on any atom is -0.321 e. The Morgan fingerprint density at radius 3 is 2.00 bits per heavy atom. The van der Waals surface area contributed by atoms with Gasteiger partial charge in [-0.25, -0.2) is 0 Å². The molecule has 16 heavy (non-hydrogen) atoms. The van der Waals surface area contributed by atoms with Crippen LogP contribution in [-0.2, 0) is 5.54 Å². The molecule has 0 aliphatic rings. The lowest BCUT2D eigenvalue weighted by molar-refractivity contribution is 0.350. The van der Waals surface area contributed by atoms with Crippen molar-refractivity contribution in [2.24, 2.45) is 11.7 Å². The lowest BCUT2D eigenvalue weighted by Crippen LogP contribution is -2.38. The van der Waals surface area contributed by atoms with Gasteiger partial charge in [0.15, 0.2) is 0 Å². The van der Waals surface area contributed by atoms with Gasteiger partial charge in [0.05, 0.1) is 0 Å². The molecule has 90 valence electrons. The van der Waals surface area contributed by atoms with Gasteiger partial charge < -0.3 is 5.73 Å². The van der Waals surface area contributed by atoms with Crippen LogP contribution in [0.2, 0.25) is 0 Å². The van der Waals surface area contributed by atoms with Crippen LogP contribution in [0.4, 0.5) is 0 Å². The SMILES string of the molecule is CCC(C)c1ccc(C(C)(N)C(C)C)cc1. The van der Waals surface area contributed by atoms with E-state index in [-0.39, 0.29) is 5.54 Å². The first-order chi connectivity index (χ1) is 7.39. The number of rotatable bonds is 4. The lowest BCUT2D eigenvalue weighted by atomic mass is 9.82. The maximum absolute atomic E-state index is 6.34. The third kappa shape index (κ3) is 2.65. The molecular formula is C15H25N. The zero-order valence-electron chi connectivity index (χ0n) is 11.2. The van der Waals surface area contributed by atoms with Crippen LogP contribution in [0, 0.1) is 5.92 Å². The summed E-state index contributed by atoms with van der Waals surface area (Å²) in [7, 11) is 0. The van der Waals surface area contributed by atoms with Crippen LogP contribution in [0.15, 0.2) is 24.3 Å². The third-order valence-electron chi connectivity index (χ3n) is 3.91. The highest BCUT2D eigenvalue weighted by Gasteiger charge is 2.25. The standard InChI is InChI=1S/C15H25N/c1-6-12(4)13-7-9-14(10-8-13)15(5,16)11(2)3/h7-12H,6,16H2,1-5H3. The molecule has 0 aliphatic heterocycles. The molecule has 0 heterocycles. The largest absolute Gasteiger partial charge is 0.321 e. The molecule has 1 rings (SSSR count). The van der Waals surface area contributed by atoms with Crippen molar-refractivity contribution in [1.82, 2.24) is 0 Å². The number of hydrogen-bond donors (Lipinski definition) is 1. The Hall–Kier alpha value is -0.820. The van der Waals surface area contributed by atoms with Gasteiger partial charge in [0.2, 0.25) is 0 Å². The molecule has 1 aromatic rings. The summed E-state index contributed by atoms with van der Waals surface area (Å²) in [4.78, 5) is 0. The topological polar surface area (TPSA) is 26.0 Å². The monoisotopic (exact) mass is 219 g/mol. The fourth-order valence-electron chi connectivity index (χ4n) is 1.74. The molecule has 2 N–H and O–H groups in total. The highest BCUT2D eigenvalue weighted by molar-refractivity contribution is 5.29. The van der Waals surface area contributed by atoms with Gasteiger partial charge in [-0.2, -0.15) is 0 Å². The first-order valence-electron chi connectivity index (χ1n) is 6.28. The van der Waals surface area contributed by atoms with E-state index in [1.54, 1.807) is 0 Å². The van der Waals surface area contributed by atoms with Gasteiger partial charge in [-0.1, -0.05) is 52.0 Å². The van der Waals surface area contributed by atoms with Crippen LogP contribution in [-0.4, -0.2) is 0 Å². The normalized spacial score (nSPS) is 17.2. The molecule has 1 aromatic carbocycles. The molecule has 0 aliphatic carbocycles. The second-order valence-electron chi connectivity index (χ2n) is 5.37. The van der Waals surface area contributed by atoms with Gasteiger partial charge in [-0.3, -0.25) is 0 Å². The molecule has 0 spiro atoms. The molecule has 2 atom stereocenters. The molecule has 0 saturated carbocycles. The van der Waals surface area contributed by atoms with E-state index in [1.165, 1.54) is 17.5 Å². The van der Waals surface area contributed by atoms with Crippen LogP contribution in [0.1, 0.15) is 58.1 Å². The minimum absolute atomic E-state index is 0.228. The van der Waals surface area contributed by atoms with Crippen LogP contribution >= 0.6 is 0 Å². The van der Waals surface area contributed by atoms with E-state index in [0.29, 0.717) is 11.8 Å². The first kappa shape index (κ1) is 13.2. The van der Waals surface area contributed by atoms with E-state index < -0.39 is 0 Å². The quantitative estimate of drug-likeness (QED) is 0.813. The van der Waals surface area contributed by atoms with E-state index in [2.05, 4.69) is 58.9 Å². The molecule has 0 saturated heterocycles. The average molecular weight is 219 g/mol. The smallest absolute Gasteiger partial charge is 0.0404 e. The van der Waals surface area contributed by atoms with Crippen LogP contribution in [0.5, 0.6) is 0 Å². The van der Waals surface area contributed by atoms with Crippen molar-refractivity contribution in [2.75, 3.05) is 0 Å².